The molecule has 0 radical (unpaired) electrons. The maximum Gasteiger partial charge on any atom is 0.427 e. The average molecular weight is 722 g/mol. The van der Waals surface area contributed by atoms with Crippen molar-refractivity contribution in [1.82, 2.24) is 0 Å². The van der Waals surface area contributed by atoms with E-state index in [9.17, 15) is 4.57 Å². The zero-order valence-corrected chi connectivity index (χ0v) is 21.7. The van der Waals surface area contributed by atoms with E-state index in [1.165, 1.54) is 6.66 Å². The molecule has 0 N–H and O–H groups in total. The average Bonchev–Trinajstić information content (AvgIpc) is 2.38. The van der Waals surface area contributed by atoms with Gasteiger partial charge >= 0.3 is 7.60 Å². The smallest absolute Gasteiger partial charge is 0.414 e. The SMILES string of the molecule is CP(=O)(Oc1c(Br)cc(Br)cc1Br)Oc1c(Br)cc(Br)cc1Br. The monoisotopic (exact) mass is 716 g/mol. The summed E-state index contributed by atoms with van der Waals surface area (Å²) in [5, 5.41) is 0. The van der Waals surface area contributed by atoms with Crippen molar-refractivity contribution in [1.29, 1.82) is 0 Å². The molecule has 3 nitrogen and oxygen atoms in total. The Hall–Kier alpha value is 1.15. The summed E-state index contributed by atoms with van der Waals surface area (Å²) in [6.45, 7) is 1.41. The van der Waals surface area contributed by atoms with Crippen LogP contribution in [0.15, 0.2) is 51.1 Å². The van der Waals surface area contributed by atoms with Crippen LogP contribution in [-0.2, 0) is 4.57 Å². The maximum absolute atomic E-state index is 12.8. The van der Waals surface area contributed by atoms with Crippen LogP contribution >= 0.6 is 103 Å². The number of hydrogen-bond acceptors (Lipinski definition) is 3. The number of benzene rings is 2. The molecule has 0 fully saturated rings. The van der Waals surface area contributed by atoms with Crippen molar-refractivity contribution in [2.24, 2.45) is 0 Å². The van der Waals surface area contributed by atoms with Gasteiger partial charge < -0.3 is 9.05 Å². The molecule has 10 heteroatoms. The Balaban J connectivity index is 2.33. The van der Waals surface area contributed by atoms with Crippen molar-refractivity contribution in [2.45, 2.75) is 0 Å². The Morgan fingerprint density at radius 2 is 0.957 bits per heavy atom. The van der Waals surface area contributed by atoms with Crippen molar-refractivity contribution >= 4 is 103 Å². The van der Waals surface area contributed by atoms with E-state index in [1.54, 1.807) is 24.3 Å². The molecule has 0 aliphatic rings. The van der Waals surface area contributed by atoms with E-state index in [2.05, 4.69) is 95.6 Å². The highest BCUT2D eigenvalue weighted by Gasteiger charge is 2.26. The molecule has 2 aromatic rings. The predicted molar refractivity (Wildman–Crippen MR) is 114 cm³/mol. The van der Waals surface area contributed by atoms with Crippen molar-refractivity contribution in [3.63, 3.8) is 0 Å². The lowest BCUT2D eigenvalue weighted by Gasteiger charge is -2.20. The van der Waals surface area contributed by atoms with Crippen LogP contribution in [0, 0.1) is 0 Å². The molecule has 0 heterocycles. The molecule has 0 saturated carbocycles. The van der Waals surface area contributed by atoms with Crippen LogP contribution in [0.25, 0.3) is 0 Å². The normalized spacial score (nSPS) is 11.4. The third-order valence-electron chi connectivity index (χ3n) is 2.44. The summed E-state index contributed by atoms with van der Waals surface area (Å²) in [5.74, 6) is 0.812. The van der Waals surface area contributed by atoms with Gasteiger partial charge in [0.05, 0.1) is 24.6 Å². The molecule has 0 bridgehead atoms. The summed E-state index contributed by atoms with van der Waals surface area (Å²) >= 11 is 20.3. The zero-order valence-electron chi connectivity index (χ0n) is 11.2. The molecular formula is C13H7Br6O3P. The summed E-state index contributed by atoms with van der Waals surface area (Å²) in [5.41, 5.74) is 0. The van der Waals surface area contributed by atoms with Crippen molar-refractivity contribution < 1.29 is 13.6 Å². The number of hydrogen-bond donors (Lipinski definition) is 0. The first-order valence-corrected chi connectivity index (χ1v) is 12.6. The van der Waals surface area contributed by atoms with Crippen LogP contribution in [0.1, 0.15) is 0 Å². The largest absolute Gasteiger partial charge is 0.427 e. The molecule has 23 heavy (non-hydrogen) atoms. The minimum Gasteiger partial charge on any atom is -0.414 e. The van der Waals surface area contributed by atoms with Gasteiger partial charge in [0.25, 0.3) is 0 Å². The number of halogens is 6. The summed E-state index contributed by atoms with van der Waals surface area (Å²) in [6, 6.07) is 7.19. The summed E-state index contributed by atoms with van der Waals surface area (Å²) in [7, 11) is -3.42. The predicted octanol–water partition coefficient (Wildman–Crippen LogP) is 8.54. The molecule has 2 rings (SSSR count). The minimum atomic E-state index is -3.42. The summed E-state index contributed by atoms with van der Waals surface area (Å²) in [4.78, 5) is 0. The molecule has 0 spiro atoms. The Labute approximate surface area is 184 Å². The molecule has 0 atom stereocenters. The molecule has 0 aliphatic carbocycles. The van der Waals surface area contributed by atoms with E-state index in [-0.39, 0.29) is 0 Å². The highest BCUT2D eigenvalue weighted by atomic mass is 79.9. The van der Waals surface area contributed by atoms with Crippen molar-refractivity contribution in [3.05, 3.63) is 51.1 Å². The van der Waals surface area contributed by atoms with Crippen LogP contribution in [0.5, 0.6) is 11.5 Å². The third-order valence-corrected chi connectivity index (χ3v) is 6.74. The first-order chi connectivity index (χ1) is 10.6. The van der Waals surface area contributed by atoms with Gasteiger partial charge in [-0.2, -0.15) is 0 Å². The van der Waals surface area contributed by atoms with Crippen molar-refractivity contribution in [2.75, 3.05) is 6.66 Å². The molecule has 0 unspecified atom stereocenters. The Morgan fingerprint density at radius 1 is 0.696 bits per heavy atom. The molecule has 0 amide bonds. The van der Waals surface area contributed by atoms with Gasteiger partial charge in [-0.3, -0.25) is 0 Å². The standard InChI is InChI=1S/C13H7Br6O3P/c1-23(20,21-12-8(16)2-6(14)3-9(12)17)22-13-10(18)4-7(15)5-11(13)19/h2-5H,1H3. The zero-order chi connectivity index (χ0) is 17.4. The van der Waals surface area contributed by atoms with Crippen molar-refractivity contribution in [3.8, 4) is 11.5 Å². The van der Waals surface area contributed by atoms with Crippen LogP contribution in [-0.4, -0.2) is 6.66 Å². The first-order valence-electron chi connectivity index (χ1n) is 5.85. The van der Waals surface area contributed by atoms with Gasteiger partial charge in [-0.25, -0.2) is 4.57 Å². The van der Waals surface area contributed by atoms with Gasteiger partial charge in [0.1, 0.15) is 0 Å². The van der Waals surface area contributed by atoms with E-state index < -0.39 is 7.60 Å². The fourth-order valence-corrected chi connectivity index (χ4v) is 8.02. The van der Waals surface area contributed by atoms with Gasteiger partial charge in [0.2, 0.25) is 0 Å². The highest BCUT2D eigenvalue weighted by molar-refractivity contribution is 9.12. The fraction of sp³-hybridized carbons (Fsp3) is 0.0769. The first kappa shape index (κ1) is 20.5. The topological polar surface area (TPSA) is 35.5 Å². The molecular weight excluding hydrogens is 715 g/mol. The summed E-state index contributed by atoms with van der Waals surface area (Å²) in [6.07, 6.45) is 0. The van der Waals surface area contributed by atoms with E-state index in [0.29, 0.717) is 29.4 Å². The van der Waals surface area contributed by atoms with Gasteiger partial charge in [0, 0.05) is 8.95 Å². The Kier molecular flexibility index (Phi) is 7.32. The van der Waals surface area contributed by atoms with Crippen LogP contribution < -0.4 is 9.05 Å². The van der Waals surface area contributed by atoms with Crippen LogP contribution in [0.3, 0.4) is 0 Å². The lowest BCUT2D eigenvalue weighted by atomic mass is 10.3. The molecule has 2 aromatic carbocycles. The maximum atomic E-state index is 12.8. The second-order valence-electron chi connectivity index (χ2n) is 4.35. The van der Waals surface area contributed by atoms with E-state index >= 15 is 0 Å². The van der Waals surface area contributed by atoms with Crippen LogP contribution in [0.4, 0.5) is 0 Å². The van der Waals surface area contributed by atoms with Gasteiger partial charge in [-0.15, -0.1) is 0 Å². The summed E-state index contributed by atoms with van der Waals surface area (Å²) < 4.78 is 28.4. The Morgan fingerprint density at radius 3 is 1.22 bits per heavy atom. The van der Waals surface area contributed by atoms with Gasteiger partial charge in [-0.05, 0) is 88.0 Å². The van der Waals surface area contributed by atoms with E-state index in [4.69, 9.17) is 9.05 Å². The quantitative estimate of drug-likeness (QED) is 0.297. The molecule has 0 saturated heterocycles. The Bertz CT molecular complexity index is 701. The second kappa shape index (κ2) is 8.23. The molecule has 0 aromatic heterocycles. The molecule has 0 aliphatic heterocycles. The minimum absolute atomic E-state index is 0.406. The second-order valence-corrected chi connectivity index (χ2v) is 11.5. The lowest BCUT2D eigenvalue weighted by molar-refractivity contribution is 0.390. The van der Waals surface area contributed by atoms with E-state index in [1.807, 2.05) is 0 Å². The van der Waals surface area contributed by atoms with E-state index in [0.717, 1.165) is 8.95 Å². The fourth-order valence-electron chi connectivity index (χ4n) is 1.58. The third kappa shape index (κ3) is 5.56. The lowest BCUT2D eigenvalue weighted by Crippen LogP contribution is -2.01. The van der Waals surface area contributed by atoms with Crippen LogP contribution in [0.2, 0.25) is 0 Å². The highest BCUT2D eigenvalue weighted by Crippen LogP contribution is 2.52. The van der Waals surface area contributed by atoms with Gasteiger partial charge in [0.15, 0.2) is 11.5 Å². The van der Waals surface area contributed by atoms with Gasteiger partial charge in [-0.1, -0.05) is 31.9 Å². The molecule has 124 valence electrons. The number of rotatable bonds is 4.